The largest absolute Gasteiger partial charge is 0.395 e. The number of terminal acetylenes is 1. The van der Waals surface area contributed by atoms with E-state index in [2.05, 4.69) is 29.9 Å². The molecule has 0 aliphatic rings. The number of hydrogen-bond donors (Lipinski definition) is 1. The number of nitrogens with zero attached hydrogens (tertiary/aromatic N) is 1. The lowest BCUT2D eigenvalue weighted by molar-refractivity contribution is 0.173. The van der Waals surface area contributed by atoms with E-state index in [1.165, 1.54) is 5.56 Å². The Balaban J connectivity index is 2.55. The van der Waals surface area contributed by atoms with Crippen LogP contribution < -0.4 is 0 Å². The van der Waals surface area contributed by atoms with E-state index >= 15 is 0 Å². The third kappa shape index (κ3) is 4.06. The molecule has 2 nitrogen and oxygen atoms in total. The molecular formula is C14H19NO. The minimum Gasteiger partial charge on any atom is -0.395 e. The molecule has 0 aromatic heterocycles. The van der Waals surface area contributed by atoms with E-state index in [9.17, 15) is 0 Å². The van der Waals surface area contributed by atoms with Gasteiger partial charge in [0.05, 0.1) is 13.2 Å². The summed E-state index contributed by atoms with van der Waals surface area (Å²) in [5, 5.41) is 8.97. The highest BCUT2D eigenvalue weighted by atomic mass is 16.3. The molecule has 1 unspecified atom stereocenters. The molecule has 0 saturated carbocycles. The summed E-state index contributed by atoms with van der Waals surface area (Å²) in [6.07, 6.45) is 6.28. The van der Waals surface area contributed by atoms with Crippen LogP contribution in [-0.4, -0.2) is 35.7 Å². The van der Waals surface area contributed by atoms with Gasteiger partial charge in [-0.25, -0.2) is 0 Å². The van der Waals surface area contributed by atoms with Crippen molar-refractivity contribution in [3.63, 3.8) is 0 Å². The summed E-state index contributed by atoms with van der Waals surface area (Å²) in [4.78, 5) is 2.12. The molecule has 0 amide bonds. The molecule has 1 rings (SSSR count). The van der Waals surface area contributed by atoms with E-state index < -0.39 is 0 Å². The number of hydrogen-bond acceptors (Lipinski definition) is 2. The topological polar surface area (TPSA) is 23.5 Å². The number of aliphatic hydroxyl groups is 1. The van der Waals surface area contributed by atoms with Gasteiger partial charge in [0.2, 0.25) is 0 Å². The molecule has 16 heavy (non-hydrogen) atoms. The summed E-state index contributed by atoms with van der Waals surface area (Å²) in [6, 6.07) is 10.7. The van der Waals surface area contributed by atoms with Crippen molar-refractivity contribution in [1.29, 1.82) is 0 Å². The molecule has 0 bridgehead atoms. The van der Waals surface area contributed by atoms with Gasteiger partial charge >= 0.3 is 0 Å². The van der Waals surface area contributed by atoms with E-state index in [1.807, 2.05) is 18.2 Å². The van der Waals surface area contributed by atoms with Gasteiger partial charge in [-0.3, -0.25) is 4.90 Å². The van der Waals surface area contributed by atoms with E-state index in [-0.39, 0.29) is 6.61 Å². The normalized spacial score (nSPS) is 12.4. The minimum atomic E-state index is 0.154. The van der Waals surface area contributed by atoms with Gasteiger partial charge in [0, 0.05) is 12.6 Å². The number of benzene rings is 1. The molecule has 0 heterocycles. The van der Waals surface area contributed by atoms with Gasteiger partial charge in [-0.1, -0.05) is 36.3 Å². The average molecular weight is 217 g/mol. The van der Waals surface area contributed by atoms with Crippen LogP contribution in [-0.2, 0) is 6.42 Å². The summed E-state index contributed by atoms with van der Waals surface area (Å²) in [5.74, 6) is 2.63. The van der Waals surface area contributed by atoms with Crippen LogP contribution in [0.25, 0.3) is 0 Å². The van der Waals surface area contributed by atoms with E-state index in [4.69, 9.17) is 11.5 Å². The number of aliphatic hydroxyl groups excluding tert-OH is 1. The molecule has 1 N–H and O–H groups in total. The first-order valence-electron chi connectivity index (χ1n) is 5.60. The van der Waals surface area contributed by atoms with Crippen molar-refractivity contribution in [1.82, 2.24) is 4.90 Å². The molecule has 0 fully saturated rings. The smallest absolute Gasteiger partial charge is 0.0602 e. The molecule has 1 atom stereocenters. The summed E-state index contributed by atoms with van der Waals surface area (Å²) in [5.41, 5.74) is 1.30. The zero-order chi connectivity index (χ0) is 11.8. The molecule has 0 aliphatic carbocycles. The van der Waals surface area contributed by atoms with E-state index in [1.54, 1.807) is 0 Å². The van der Waals surface area contributed by atoms with E-state index in [0.717, 1.165) is 6.42 Å². The lowest BCUT2D eigenvalue weighted by Gasteiger charge is -2.26. The predicted molar refractivity (Wildman–Crippen MR) is 67.1 cm³/mol. The Morgan fingerprint density at radius 3 is 2.62 bits per heavy atom. The fourth-order valence-electron chi connectivity index (χ4n) is 1.79. The van der Waals surface area contributed by atoms with Gasteiger partial charge in [-0.05, 0) is 18.9 Å². The molecule has 2 heteroatoms. The van der Waals surface area contributed by atoms with Crippen LogP contribution in [0, 0.1) is 12.3 Å². The SMILES string of the molecule is C#CCN(CCO)C(C)Cc1ccccc1. The van der Waals surface area contributed by atoms with Gasteiger partial charge in [0.15, 0.2) is 0 Å². The number of rotatable bonds is 6. The first-order chi connectivity index (χ1) is 7.77. The third-order valence-electron chi connectivity index (χ3n) is 2.68. The summed E-state index contributed by atoms with van der Waals surface area (Å²) >= 11 is 0. The summed E-state index contributed by atoms with van der Waals surface area (Å²) in [6.45, 7) is 3.52. The second-order valence-corrected chi connectivity index (χ2v) is 3.94. The van der Waals surface area contributed by atoms with Crippen LogP contribution in [0.15, 0.2) is 30.3 Å². The highest BCUT2D eigenvalue weighted by Crippen LogP contribution is 2.08. The van der Waals surface area contributed by atoms with Gasteiger partial charge < -0.3 is 5.11 Å². The standard InChI is InChI=1S/C14H19NO/c1-3-9-15(10-11-16)13(2)12-14-7-5-4-6-8-14/h1,4-8,13,16H,9-12H2,2H3. The fraction of sp³-hybridized carbons (Fsp3) is 0.429. The van der Waals surface area contributed by atoms with Gasteiger partial charge in [-0.15, -0.1) is 6.42 Å². The Morgan fingerprint density at radius 1 is 1.38 bits per heavy atom. The summed E-state index contributed by atoms with van der Waals surface area (Å²) in [7, 11) is 0. The van der Waals surface area contributed by atoms with Crippen LogP contribution in [0.2, 0.25) is 0 Å². The first-order valence-corrected chi connectivity index (χ1v) is 5.60. The molecular weight excluding hydrogens is 198 g/mol. The maximum absolute atomic E-state index is 8.97. The Hall–Kier alpha value is -1.30. The third-order valence-corrected chi connectivity index (χ3v) is 2.68. The van der Waals surface area contributed by atoms with Crippen LogP contribution >= 0.6 is 0 Å². The van der Waals surface area contributed by atoms with Crippen molar-refractivity contribution in [2.75, 3.05) is 19.7 Å². The predicted octanol–water partition coefficient (Wildman–Crippen LogP) is 1.55. The Kier molecular flexibility index (Phi) is 5.63. The molecule has 0 saturated heterocycles. The van der Waals surface area contributed by atoms with Crippen molar-refractivity contribution in [2.45, 2.75) is 19.4 Å². The maximum atomic E-state index is 8.97. The van der Waals surface area contributed by atoms with Crippen molar-refractivity contribution in [3.05, 3.63) is 35.9 Å². The van der Waals surface area contributed by atoms with Gasteiger partial charge in [-0.2, -0.15) is 0 Å². The van der Waals surface area contributed by atoms with E-state index in [0.29, 0.717) is 19.1 Å². The summed E-state index contributed by atoms with van der Waals surface area (Å²) < 4.78 is 0. The second-order valence-electron chi connectivity index (χ2n) is 3.94. The lowest BCUT2D eigenvalue weighted by atomic mass is 10.1. The van der Waals surface area contributed by atoms with Gasteiger partial charge in [0.25, 0.3) is 0 Å². The first kappa shape index (κ1) is 12.8. The zero-order valence-electron chi connectivity index (χ0n) is 9.76. The van der Waals surface area contributed by atoms with Crippen molar-refractivity contribution >= 4 is 0 Å². The van der Waals surface area contributed by atoms with Crippen LogP contribution in [0.5, 0.6) is 0 Å². The monoisotopic (exact) mass is 217 g/mol. The molecule has 0 spiro atoms. The van der Waals surface area contributed by atoms with Crippen molar-refractivity contribution in [2.24, 2.45) is 0 Å². The lowest BCUT2D eigenvalue weighted by Crippen LogP contribution is -2.37. The minimum absolute atomic E-state index is 0.154. The molecule has 0 radical (unpaired) electrons. The quantitative estimate of drug-likeness (QED) is 0.731. The zero-order valence-corrected chi connectivity index (χ0v) is 9.76. The average Bonchev–Trinajstić information content (AvgIpc) is 2.30. The highest BCUT2D eigenvalue weighted by Gasteiger charge is 2.12. The molecule has 1 aromatic carbocycles. The Morgan fingerprint density at radius 2 is 2.06 bits per heavy atom. The Bertz CT molecular complexity index is 328. The second kappa shape index (κ2) is 7.05. The highest BCUT2D eigenvalue weighted by molar-refractivity contribution is 5.15. The fourth-order valence-corrected chi connectivity index (χ4v) is 1.79. The maximum Gasteiger partial charge on any atom is 0.0602 e. The Labute approximate surface area is 97.9 Å². The molecule has 0 aliphatic heterocycles. The molecule has 1 aromatic rings. The van der Waals surface area contributed by atoms with Gasteiger partial charge in [0.1, 0.15) is 0 Å². The van der Waals surface area contributed by atoms with Crippen molar-refractivity contribution < 1.29 is 5.11 Å². The molecule has 86 valence electrons. The van der Waals surface area contributed by atoms with Crippen molar-refractivity contribution in [3.8, 4) is 12.3 Å². The van der Waals surface area contributed by atoms with Crippen LogP contribution in [0.4, 0.5) is 0 Å². The van der Waals surface area contributed by atoms with Crippen LogP contribution in [0.3, 0.4) is 0 Å². The van der Waals surface area contributed by atoms with Crippen LogP contribution in [0.1, 0.15) is 12.5 Å².